The smallest absolute Gasteiger partial charge is 0.222 e. The highest BCUT2D eigenvalue weighted by Gasteiger charge is 2.58. The van der Waals surface area contributed by atoms with Crippen LogP contribution in [0.25, 0.3) is 0 Å². The van der Waals surface area contributed by atoms with E-state index in [-0.39, 0.29) is 16.9 Å². The molecule has 6 heteroatoms. The molecule has 0 spiro atoms. The van der Waals surface area contributed by atoms with Gasteiger partial charge in [-0.05, 0) is 30.9 Å². The Labute approximate surface area is 168 Å². The molecule has 3 rings (SSSR count). The van der Waals surface area contributed by atoms with Crippen LogP contribution in [0.4, 0.5) is 0 Å². The van der Waals surface area contributed by atoms with Crippen molar-refractivity contribution in [2.75, 3.05) is 20.7 Å². The monoisotopic (exact) mass is 386 g/mol. The molecule has 0 bridgehead atoms. The van der Waals surface area contributed by atoms with Crippen molar-refractivity contribution in [1.82, 2.24) is 15.5 Å². The first-order chi connectivity index (χ1) is 13.3. The summed E-state index contributed by atoms with van der Waals surface area (Å²) in [4.78, 5) is 18.2. The second-order valence-corrected chi connectivity index (χ2v) is 8.72. The molecular formula is C22H34N4O2. The number of nitrogens with zero attached hydrogens (tertiary/aromatic N) is 2. The number of methoxy groups -OCH3 is 1. The van der Waals surface area contributed by atoms with Crippen LogP contribution in [0.3, 0.4) is 0 Å². The average Bonchev–Trinajstić information content (AvgIpc) is 3.08. The lowest BCUT2D eigenvalue weighted by Gasteiger charge is -2.59. The van der Waals surface area contributed by atoms with Crippen molar-refractivity contribution in [3.8, 4) is 0 Å². The van der Waals surface area contributed by atoms with Gasteiger partial charge in [0.05, 0.1) is 5.60 Å². The molecule has 2 N–H and O–H groups in total. The Balaban J connectivity index is 1.54. The molecule has 6 nitrogen and oxygen atoms in total. The molecule has 1 amide bonds. The van der Waals surface area contributed by atoms with E-state index in [0.29, 0.717) is 25.6 Å². The fraction of sp³-hybridized carbons (Fsp3) is 0.636. The van der Waals surface area contributed by atoms with Crippen LogP contribution in [-0.2, 0) is 22.6 Å². The maximum atomic E-state index is 11.9. The molecular weight excluding hydrogens is 352 g/mol. The van der Waals surface area contributed by atoms with Gasteiger partial charge in [-0.15, -0.1) is 0 Å². The van der Waals surface area contributed by atoms with Crippen LogP contribution in [0.5, 0.6) is 0 Å². The zero-order chi connectivity index (χ0) is 20.4. The van der Waals surface area contributed by atoms with Crippen LogP contribution in [0.15, 0.2) is 29.3 Å². The number of nitrogens with one attached hydrogen (secondary N) is 2. The van der Waals surface area contributed by atoms with Gasteiger partial charge in [0, 0.05) is 51.7 Å². The third-order valence-corrected chi connectivity index (χ3v) is 6.81. The van der Waals surface area contributed by atoms with Gasteiger partial charge in [0.1, 0.15) is 0 Å². The second-order valence-electron chi connectivity index (χ2n) is 8.72. The molecule has 2 atom stereocenters. The number of ether oxygens (including phenoxy) is 1. The zero-order valence-electron chi connectivity index (χ0n) is 17.8. The SMILES string of the molecule is CN=C(NCc1cccc(CN2CCCC2=O)c1)NC1CC(C)(OC)C1(C)C. The number of likely N-dealkylation sites (tertiary alicyclic amines) is 1. The van der Waals surface area contributed by atoms with Crippen molar-refractivity contribution in [2.24, 2.45) is 10.4 Å². The zero-order valence-corrected chi connectivity index (χ0v) is 17.8. The first kappa shape index (κ1) is 20.6. The fourth-order valence-corrected chi connectivity index (χ4v) is 4.20. The van der Waals surface area contributed by atoms with E-state index in [1.165, 1.54) is 11.1 Å². The number of benzene rings is 1. The lowest BCUT2D eigenvalue weighted by molar-refractivity contribution is -0.176. The van der Waals surface area contributed by atoms with Crippen LogP contribution < -0.4 is 10.6 Å². The highest BCUT2D eigenvalue weighted by Crippen LogP contribution is 2.51. The van der Waals surface area contributed by atoms with Gasteiger partial charge in [0.15, 0.2) is 5.96 Å². The number of hydrogen-bond donors (Lipinski definition) is 2. The molecule has 1 saturated heterocycles. The Bertz CT molecular complexity index is 746. The summed E-state index contributed by atoms with van der Waals surface area (Å²) in [7, 11) is 3.58. The summed E-state index contributed by atoms with van der Waals surface area (Å²) < 4.78 is 5.71. The summed E-state index contributed by atoms with van der Waals surface area (Å²) >= 11 is 0. The minimum Gasteiger partial charge on any atom is -0.378 e. The fourth-order valence-electron chi connectivity index (χ4n) is 4.20. The normalized spacial score (nSPS) is 26.9. The van der Waals surface area contributed by atoms with E-state index in [1.54, 1.807) is 14.2 Å². The lowest BCUT2D eigenvalue weighted by atomic mass is 9.56. The van der Waals surface area contributed by atoms with Gasteiger partial charge in [0.2, 0.25) is 5.91 Å². The molecule has 1 aliphatic carbocycles. The van der Waals surface area contributed by atoms with Gasteiger partial charge in [-0.25, -0.2) is 0 Å². The predicted octanol–water partition coefficient (Wildman–Crippen LogP) is 2.68. The van der Waals surface area contributed by atoms with E-state index in [2.05, 4.69) is 60.7 Å². The number of amides is 1. The van der Waals surface area contributed by atoms with Crippen LogP contribution >= 0.6 is 0 Å². The van der Waals surface area contributed by atoms with Gasteiger partial charge in [-0.3, -0.25) is 9.79 Å². The Kier molecular flexibility index (Phi) is 5.98. The first-order valence-corrected chi connectivity index (χ1v) is 10.2. The van der Waals surface area contributed by atoms with E-state index in [1.807, 2.05) is 4.90 Å². The second kappa shape index (κ2) is 8.11. The highest BCUT2D eigenvalue weighted by molar-refractivity contribution is 5.80. The average molecular weight is 387 g/mol. The van der Waals surface area contributed by atoms with Gasteiger partial charge >= 0.3 is 0 Å². The Hall–Kier alpha value is -2.08. The lowest BCUT2D eigenvalue weighted by Crippen LogP contribution is -2.69. The molecule has 28 heavy (non-hydrogen) atoms. The summed E-state index contributed by atoms with van der Waals surface area (Å²) in [5.41, 5.74) is 2.28. The van der Waals surface area contributed by atoms with E-state index in [9.17, 15) is 4.79 Å². The van der Waals surface area contributed by atoms with Crippen LogP contribution in [0.1, 0.15) is 51.2 Å². The standard InChI is InChI=1S/C22H34N4O2/c1-21(2)18(13-22(21,3)28-5)25-20(23-4)24-14-16-8-6-9-17(12-16)15-26-11-7-10-19(26)27/h6,8-9,12,18H,7,10-11,13-15H2,1-5H3,(H2,23,24,25). The van der Waals surface area contributed by atoms with Gasteiger partial charge in [0.25, 0.3) is 0 Å². The molecule has 1 aromatic rings. The molecule has 2 fully saturated rings. The largest absolute Gasteiger partial charge is 0.378 e. The number of hydrogen-bond acceptors (Lipinski definition) is 3. The topological polar surface area (TPSA) is 66.0 Å². The summed E-state index contributed by atoms with van der Waals surface area (Å²) in [5.74, 6) is 1.07. The molecule has 154 valence electrons. The highest BCUT2D eigenvalue weighted by atomic mass is 16.5. The summed E-state index contributed by atoms with van der Waals surface area (Å²) in [6.45, 7) is 8.89. The third-order valence-electron chi connectivity index (χ3n) is 6.81. The van der Waals surface area contributed by atoms with Crippen molar-refractivity contribution in [2.45, 2.75) is 64.8 Å². The minimum absolute atomic E-state index is 0.0293. The summed E-state index contributed by atoms with van der Waals surface area (Å²) in [5, 5.41) is 6.95. The molecule has 0 radical (unpaired) electrons. The van der Waals surface area contributed by atoms with Crippen LogP contribution in [0.2, 0.25) is 0 Å². The molecule has 1 aliphatic heterocycles. The third kappa shape index (κ3) is 4.02. The van der Waals surface area contributed by atoms with Gasteiger partial charge < -0.3 is 20.3 Å². The maximum Gasteiger partial charge on any atom is 0.222 e. The Morgan fingerprint density at radius 2 is 2.07 bits per heavy atom. The number of aliphatic imine (C=N–C) groups is 1. The molecule has 1 heterocycles. The Morgan fingerprint density at radius 3 is 2.68 bits per heavy atom. The van der Waals surface area contributed by atoms with Gasteiger partial charge in [-0.1, -0.05) is 38.1 Å². The van der Waals surface area contributed by atoms with E-state index < -0.39 is 0 Å². The van der Waals surface area contributed by atoms with Crippen LogP contribution in [0, 0.1) is 5.41 Å². The molecule has 1 aromatic carbocycles. The predicted molar refractivity (Wildman–Crippen MR) is 112 cm³/mol. The molecule has 1 saturated carbocycles. The molecule has 2 aliphatic rings. The number of carbonyl (C=O) groups excluding carboxylic acids is 1. The molecule has 2 unspecified atom stereocenters. The van der Waals surface area contributed by atoms with Crippen LogP contribution in [-0.4, -0.2) is 49.1 Å². The summed E-state index contributed by atoms with van der Waals surface area (Å²) in [6.07, 6.45) is 2.61. The van der Waals surface area contributed by atoms with Crippen molar-refractivity contribution >= 4 is 11.9 Å². The number of guanidine groups is 1. The number of rotatable bonds is 6. The maximum absolute atomic E-state index is 11.9. The van der Waals surface area contributed by atoms with E-state index in [0.717, 1.165) is 25.3 Å². The van der Waals surface area contributed by atoms with E-state index in [4.69, 9.17) is 4.74 Å². The minimum atomic E-state index is -0.106. The Morgan fingerprint density at radius 1 is 1.32 bits per heavy atom. The van der Waals surface area contributed by atoms with Crippen molar-refractivity contribution in [3.05, 3.63) is 35.4 Å². The van der Waals surface area contributed by atoms with Crippen molar-refractivity contribution < 1.29 is 9.53 Å². The van der Waals surface area contributed by atoms with Crippen molar-refractivity contribution in [1.29, 1.82) is 0 Å². The van der Waals surface area contributed by atoms with Crippen molar-refractivity contribution in [3.63, 3.8) is 0 Å². The van der Waals surface area contributed by atoms with E-state index >= 15 is 0 Å². The van der Waals surface area contributed by atoms with Gasteiger partial charge in [-0.2, -0.15) is 0 Å². The quantitative estimate of drug-likeness (QED) is 0.583. The molecule has 0 aromatic heterocycles. The first-order valence-electron chi connectivity index (χ1n) is 10.2. The summed E-state index contributed by atoms with van der Waals surface area (Å²) in [6, 6.07) is 8.73. The number of carbonyl (C=O) groups is 1.